The molecule has 0 amide bonds. The highest BCUT2D eigenvalue weighted by Gasteiger charge is 2.06. The number of carboxylic acids is 1. The van der Waals surface area contributed by atoms with Crippen molar-refractivity contribution in [1.82, 2.24) is 0 Å². The molecule has 2 aromatic rings. The Morgan fingerprint density at radius 1 is 1.33 bits per heavy atom. The van der Waals surface area contributed by atoms with Crippen LogP contribution in [0.2, 0.25) is 0 Å². The predicted molar refractivity (Wildman–Crippen MR) is 74.2 cm³/mol. The topological polar surface area (TPSA) is 46.5 Å². The molecule has 18 heavy (non-hydrogen) atoms. The van der Waals surface area contributed by atoms with Crippen LogP contribution < -0.4 is 4.74 Å². The summed E-state index contributed by atoms with van der Waals surface area (Å²) in [6.45, 7) is 0. The molecule has 2 aromatic carbocycles. The van der Waals surface area contributed by atoms with Crippen molar-refractivity contribution in [1.29, 1.82) is 0 Å². The first kappa shape index (κ1) is 12.9. The van der Waals surface area contributed by atoms with E-state index in [-0.39, 0.29) is 6.42 Å². The molecule has 0 atom stereocenters. The van der Waals surface area contributed by atoms with Crippen LogP contribution in [0.25, 0.3) is 10.8 Å². The lowest BCUT2D eigenvalue weighted by Crippen LogP contribution is -1.97. The maximum atomic E-state index is 10.5. The lowest BCUT2D eigenvalue weighted by atomic mass is 10.0. The van der Waals surface area contributed by atoms with Crippen LogP contribution in [0, 0.1) is 0 Å². The molecular formula is C14H13BrO3. The van der Waals surface area contributed by atoms with Crippen molar-refractivity contribution in [3.63, 3.8) is 0 Å². The molecule has 0 saturated carbocycles. The molecule has 94 valence electrons. The number of rotatable bonds is 4. The van der Waals surface area contributed by atoms with Crippen LogP contribution in [0.4, 0.5) is 0 Å². The zero-order valence-corrected chi connectivity index (χ0v) is 11.5. The van der Waals surface area contributed by atoms with Gasteiger partial charge in [-0.1, -0.05) is 24.3 Å². The number of benzene rings is 2. The molecule has 0 aromatic heterocycles. The van der Waals surface area contributed by atoms with Gasteiger partial charge in [0.15, 0.2) is 0 Å². The van der Waals surface area contributed by atoms with Gasteiger partial charge >= 0.3 is 5.97 Å². The Kier molecular flexibility index (Phi) is 3.87. The molecule has 2 rings (SSSR count). The minimum absolute atomic E-state index is 0.156. The van der Waals surface area contributed by atoms with Gasteiger partial charge in [-0.2, -0.15) is 0 Å². The number of aliphatic carboxylic acids is 1. The molecule has 0 aliphatic rings. The molecular weight excluding hydrogens is 296 g/mol. The number of hydrogen-bond donors (Lipinski definition) is 1. The Morgan fingerprint density at radius 3 is 2.78 bits per heavy atom. The number of carboxylic acid groups (broad SMARTS) is 1. The molecule has 0 aliphatic carbocycles. The first-order valence-corrected chi connectivity index (χ1v) is 6.38. The van der Waals surface area contributed by atoms with E-state index in [2.05, 4.69) is 15.9 Å². The molecule has 3 nitrogen and oxygen atoms in total. The standard InChI is InChI=1S/C14H13BrO3/c1-18-12-6-4-10-8-9(3-7-13(16)17)2-5-11(10)14(12)15/h2,4-6,8H,3,7H2,1H3,(H,16,17). The highest BCUT2D eigenvalue weighted by atomic mass is 79.9. The van der Waals surface area contributed by atoms with Crippen molar-refractivity contribution in [2.45, 2.75) is 12.8 Å². The monoisotopic (exact) mass is 308 g/mol. The molecule has 0 spiro atoms. The Labute approximate surface area is 114 Å². The van der Waals surface area contributed by atoms with Crippen LogP contribution in [0.1, 0.15) is 12.0 Å². The van der Waals surface area contributed by atoms with E-state index in [4.69, 9.17) is 9.84 Å². The number of fused-ring (bicyclic) bond motifs is 1. The predicted octanol–water partition coefficient (Wildman–Crippen LogP) is 3.63. The second-order valence-corrected chi connectivity index (χ2v) is 4.82. The van der Waals surface area contributed by atoms with E-state index in [1.54, 1.807) is 7.11 Å². The van der Waals surface area contributed by atoms with Crippen LogP contribution in [0.5, 0.6) is 5.75 Å². The summed E-state index contributed by atoms with van der Waals surface area (Å²) in [6.07, 6.45) is 0.706. The zero-order chi connectivity index (χ0) is 13.1. The molecule has 1 N–H and O–H groups in total. The summed E-state index contributed by atoms with van der Waals surface area (Å²) in [5.74, 6) is 0.0202. The summed E-state index contributed by atoms with van der Waals surface area (Å²) >= 11 is 3.51. The van der Waals surface area contributed by atoms with Crippen molar-refractivity contribution in [2.75, 3.05) is 7.11 Å². The first-order chi connectivity index (χ1) is 8.61. The lowest BCUT2D eigenvalue weighted by Gasteiger charge is -2.08. The summed E-state index contributed by atoms with van der Waals surface area (Å²) in [5, 5.41) is 10.8. The van der Waals surface area contributed by atoms with Crippen molar-refractivity contribution >= 4 is 32.7 Å². The summed E-state index contributed by atoms with van der Waals surface area (Å²) in [6, 6.07) is 9.83. The summed E-state index contributed by atoms with van der Waals surface area (Å²) in [5.41, 5.74) is 1.03. The largest absolute Gasteiger partial charge is 0.496 e. The number of aryl methyl sites for hydroxylation is 1. The van der Waals surface area contributed by atoms with Crippen molar-refractivity contribution in [3.8, 4) is 5.75 Å². The Hall–Kier alpha value is -1.55. The highest BCUT2D eigenvalue weighted by molar-refractivity contribution is 9.10. The minimum atomic E-state index is -0.772. The quantitative estimate of drug-likeness (QED) is 0.938. The average molecular weight is 309 g/mol. The lowest BCUT2D eigenvalue weighted by molar-refractivity contribution is -0.136. The highest BCUT2D eigenvalue weighted by Crippen LogP contribution is 2.33. The first-order valence-electron chi connectivity index (χ1n) is 5.58. The summed E-state index contributed by atoms with van der Waals surface area (Å²) in [7, 11) is 1.63. The zero-order valence-electron chi connectivity index (χ0n) is 9.94. The molecule has 0 radical (unpaired) electrons. The number of hydrogen-bond acceptors (Lipinski definition) is 2. The molecule has 0 bridgehead atoms. The van der Waals surface area contributed by atoms with Crippen LogP contribution in [-0.2, 0) is 11.2 Å². The van der Waals surface area contributed by atoms with Gasteiger partial charge in [0.25, 0.3) is 0 Å². The van der Waals surface area contributed by atoms with Crippen LogP contribution in [-0.4, -0.2) is 18.2 Å². The van der Waals surface area contributed by atoms with Gasteiger partial charge in [0.05, 0.1) is 11.6 Å². The third-order valence-corrected chi connectivity index (χ3v) is 3.65. The van der Waals surface area contributed by atoms with Gasteiger partial charge in [0, 0.05) is 6.42 Å². The normalized spacial score (nSPS) is 10.6. The third-order valence-electron chi connectivity index (χ3n) is 2.83. The van der Waals surface area contributed by atoms with Gasteiger partial charge in [-0.05, 0) is 44.8 Å². The molecule has 4 heteroatoms. The van der Waals surface area contributed by atoms with E-state index in [9.17, 15) is 4.79 Å². The Morgan fingerprint density at radius 2 is 2.11 bits per heavy atom. The van der Waals surface area contributed by atoms with Gasteiger partial charge in [-0.3, -0.25) is 4.79 Å². The SMILES string of the molecule is COc1ccc2cc(CCC(=O)O)ccc2c1Br. The van der Waals surface area contributed by atoms with Gasteiger partial charge in [-0.25, -0.2) is 0 Å². The van der Waals surface area contributed by atoms with Gasteiger partial charge < -0.3 is 9.84 Å². The second kappa shape index (κ2) is 5.40. The number of ether oxygens (including phenoxy) is 1. The van der Waals surface area contributed by atoms with E-state index in [0.29, 0.717) is 6.42 Å². The van der Waals surface area contributed by atoms with E-state index < -0.39 is 5.97 Å². The van der Waals surface area contributed by atoms with Gasteiger partial charge in [0.2, 0.25) is 0 Å². The van der Waals surface area contributed by atoms with Crippen LogP contribution in [0.3, 0.4) is 0 Å². The smallest absolute Gasteiger partial charge is 0.303 e. The van der Waals surface area contributed by atoms with Crippen molar-refractivity contribution in [2.24, 2.45) is 0 Å². The molecule has 0 aliphatic heterocycles. The Balaban J connectivity index is 2.38. The van der Waals surface area contributed by atoms with E-state index in [0.717, 1.165) is 26.6 Å². The molecule has 0 fully saturated rings. The fourth-order valence-electron chi connectivity index (χ4n) is 1.89. The molecule has 0 heterocycles. The Bertz CT molecular complexity index is 593. The van der Waals surface area contributed by atoms with E-state index in [1.807, 2.05) is 30.3 Å². The average Bonchev–Trinajstić information content (AvgIpc) is 2.37. The number of methoxy groups -OCH3 is 1. The summed E-state index contributed by atoms with van der Waals surface area (Å²) < 4.78 is 6.16. The minimum Gasteiger partial charge on any atom is -0.496 e. The maximum Gasteiger partial charge on any atom is 0.303 e. The molecule has 0 unspecified atom stereocenters. The van der Waals surface area contributed by atoms with Gasteiger partial charge in [0.1, 0.15) is 5.75 Å². The van der Waals surface area contributed by atoms with E-state index in [1.165, 1.54) is 0 Å². The fourth-order valence-corrected chi connectivity index (χ4v) is 2.54. The third kappa shape index (κ3) is 2.64. The second-order valence-electron chi connectivity index (χ2n) is 4.03. The van der Waals surface area contributed by atoms with Crippen molar-refractivity contribution < 1.29 is 14.6 Å². The van der Waals surface area contributed by atoms with Crippen LogP contribution >= 0.6 is 15.9 Å². The maximum absolute atomic E-state index is 10.5. The van der Waals surface area contributed by atoms with Gasteiger partial charge in [-0.15, -0.1) is 0 Å². The van der Waals surface area contributed by atoms with E-state index >= 15 is 0 Å². The van der Waals surface area contributed by atoms with Crippen molar-refractivity contribution in [3.05, 3.63) is 40.4 Å². The number of carbonyl (C=O) groups is 1. The summed E-state index contributed by atoms with van der Waals surface area (Å²) in [4.78, 5) is 10.5. The van der Waals surface area contributed by atoms with Crippen LogP contribution in [0.15, 0.2) is 34.8 Å². The number of halogens is 1. The fraction of sp³-hybridized carbons (Fsp3) is 0.214. The molecule has 0 saturated heterocycles.